The van der Waals surface area contributed by atoms with Gasteiger partial charge in [-0.05, 0) is 31.2 Å². The fraction of sp³-hybridized carbons (Fsp3) is 0.111. The van der Waals surface area contributed by atoms with E-state index >= 15 is 0 Å². The Morgan fingerprint density at radius 2 is 1.92 bits per heavy atom. The van der Waals surface area contributed by atoms with Crippen LogP contribution >= 0.6 is 15.9 Å². The molecule has 0 N–H and O–H groups in total. The standard InChI is InChI=1S/C9H8BrN3/c1-7-11-6-12-13(7)9-4-2-8(10)3-5-9/h2-6H,1H3. The van der Waals surface area contributed by atoms with E-state index < -0.39 is 0 Å². The molecule has 1 aromatic carbocycles. The van der Waals surface area contributed by atoms with Crippen molar-refractivity contribution in [2.24, 2.45) is 0 Å². The Bertz CT molecular complexity index is 405. The van der Waals surface area contributed by atoms with Crippen molar-refractivity contribution in [1.29, 1.82) is 0 Å². The molecular formula is C9H8BrN3. The van der Waals surface area contributed by atoms with Gasteiger partial charge in [0, 0.05) is 4.47 Å². The van der Waals surface area contributed by atoms with Gasteiger partial charge in [-0.3, -0.25) is 0 Å². The summed E-state index contributed by atoms with van der Waals surface area (Å²) in [4.78, 5) is 4.06. The van der Waals surface area contributed by atoms with Gasteiger partial charge in [-0.15, -0.1) is 0 Å². The molecule has 0 amide bonds. The van der Waals surface area contributed by atoms with Crippen molar-refractivity contribution in [3.05, 3.63) is 40.9 Å². The molecule has 13 heavy (non-hydrogen) atoms. The van der Waals surface area contributed by atoms with Gasteiger partial charge in [0.2, 0.25) is 0 Å². The lowest BCUT2D eigenvalue weighted by Gasteiger charge is -2.01. The smallest absolute Gasteiger partial charge is 0.138 e. The van der Waals surface area contributed by atoms with Crippen molar-refractivity contribution in [1.82, 2.24) is 14.8 Å². The molecule has 0 aliphatic carbocycles. The molecule has 0 spiro atoms. The summed E-state index contributed by atoms with van der Waals surface area (Å²) in [5.74, 6) is 0.891. The molecule has 66 valence electrons. The number of aromatic nitrogens is 3. The molecule has 0 radical (unpaired) electrons. The van der Waals surface area contributed by atoms with Crippen molar-refractivity contribution < 1.29 is 0 Å². The largest absolute Gasteiger partial charge is 0.220 e. The monoisotopic (exact) mass is 237 g/mol. The molecule has 4 heteroatoms. The zero-order chi connectivity index (χ0) is 9.26. The Morgan fingerprint density at radius 3 is 2.46 bits per heavy atom. The summed E-state index contributed by atoms with van der Waals surface area (Å²) in [5.41, 5.74) is 1.03. The quantitative estimate of drug-likeness (QED) is 0.763. The van der Waals surface area contributed by atoms with Gasteiger partial charge < -0.3 is 0 Å². The summed E-state index contributed by atoms with van der Waals surface area (Å²) in [7, 11) is 0. The summed E-state index contributed by atoms with van der Waals surface area (Å²) in [6.45, 7) is 1.93. The molecule has 0 bridgehead atoms. The molecular weight excluding hydrogens is 230 g/mol. The van der Waals surface area contributed by atoms with Crippen LogP contribution in [0.4, 0.5) is 0 Å². The van der Waals surface area contributed by atoms with E-state index in [0.717, 1.165) is 16.0 Å². The first-order valence-corrected chi connectivity index (χ1v) is 4.69. The van der Waals surface area contributed by atoms with Gasteiger partial charge in [-0.1, -0.05) is 15.9 Å². The van der Waals surface area contributed by atoms with Crippen LogP contribution in [0, 0.1) is 6.92 Å². The average molecular weight is 238 g/mol. The zero-order valence-electron chi connectivity index (χ0n) is 7.11. The Hall–Kier alpha value is -1.16. The van der Waals surface area contributed by atoms with Crippen LogP contribution in [0.3, 0.4) is 0 Å². The predicted molar refractivity (Wildman–Crippen MR) is 53.8 cm³/mol. The summed E-state index contributed by atoms with van der Waals surface area (Å²) >= 11 is 3.38. The van der Waals surface area contributed by atoms with Crippen LogP contribution in [0.25, 0.3) is 5.69 Å². The highest BCUT2D eigenvalue weighted by Crippen LogP contribution is 2.13. The van der Waals surface area contributed by atoms with E-state index in [1.54, 1.807) is 11.0 Å². The molecule has 0 unspecified atom stereocenters. The molecule has 0 saturated heterocycles. The van der Waals surface area contributed by atoms with Crippen molar-refractivity contribution >= 4 is 15.9 Å². The number of halogens is 1. The minimum absolute atomic E-state index is 0.891. The molecule has 0 aliphatic rings. The summed E-state index contributed by atoms with van der Waals surface area (Å²) in [6, 6.07) is 7.95. The number of hydrogen-bond donors (Lipinski definition) is 0. The highest BCUT2D eigenvalue weighted by atomic mass is 79.9. The fourth-order valence-corrected chi connectivity index (χ4v) is 1.40. The van der Waals surface area contributed by atoms with Crippen LogP contribution in [0.2, 0.25) is 0 Å². The summed E-state index contributed by atoms with van der Waals surface area (Å²) < 4.78 is 2.86. The third-order valence-electron chi connectivity index (χ3n) is 1.79. The minimum atomic E-state index is 0.891. The Kier molecular flexibility index (Phi) is 2.14. The van der Waals surface area contributed by atoms with Gasteiger partial charge in [-0.25, -0.2) is 9.67 Å². The first kappa shape index (κ1) is 8.44. The SMILES string of the molecule is Cc1ncnn1-c1ccc(Br)cc1. The Labute approximate surface area is 84.5 Å². The zero-order valence-corrected chi connectivity index (χ0v) is 8.69. The van der Waals surface area contributed by atoms with E-state index in [-0.39, 0.29) is 0 Å². The van der Waals surface area contributed by atoms with Gasteiger partial charge in [-0.2, -0.15) is 5.10 Å². The van der Waals surface area contributed by atoms with E-state index in [1.807, 2.05) is 31.2 Å². The van der Waals surface area contributed by atoms with Crippen LogP contribution in [0.15, 0.2) is 35.1 Å². The molecule has 0 saturated carbocycles. The van der Waals surface area contributed by atoms with Gasteiger partial charge in [0.25, 0.3) is 0 Å². The fourth-order valence-electron chi connectivity index (χ4n) is 1.14. The van der Waals surface area contributed by atoms with E-state index in [4.69, 9.17) is 0 Å². The van der Waals surface area contributed by atoms with Crippen LogP contribution < -0.4 is 0 Å². The molecule has 1 aromatic heterocycles. The first-order valence-electron chi connectivity index (χ1n) is 3.90. The van der Waals surface area contributed by atoms with Crippen molar-refractivity contribution in [2.45, 2.75) is 6.92 Å². The van der Waals surface area contributed by atoms with Crippen LogP contribution in [-0.4, -0.2) is 14.8 Å². The topological polar surface area (TPSA) is 30.7 Å². The average Bonchev–Trinajstić information content (AvgIpc) is 2.53. The first-order chi connectivity index (χ1) is 6.27. The lowest BCUT2D eigenvalue weighted by atomic mass is 10.3. The van der Waals surface area contributed by atoms with Gasteiger partial charge >= 0.3 is 0 Å². The molecule has 0 fully saturated rings. The maximum absolute atomic E-state index is 4.11. The second-order valence-electron chi connectivity index (χ2n) is 2.70. The molecule has 2 aromatic rings. The summed E-state index contributed by atoms with van der Waals surface area (Å²) in [6.07, 6.45) is 1.55. The predicted octanol–water partition coefficient (Wildman–Crippen LogP) is 2.34. The van der Waals surface area contributed by atoms with Crippen molar-refractivity contribution in [2.75, 3.05) is 0 Å². The maximum atomic E-state index is 4.11. The van der Waals surface area contributed by atoms with Crippen molar-refractivity contribution in [3.8, 4) is 5.69 Å². The summed E-state index contributed by atoms with van der Waals surface area (Å²) in [5, 5.41) is 4.11. The third kappa shape index (κ3) is 1.62. The maximum Gasteiger partial charge on any atom is 0.138 e. The number of rotatable bonds is 1. The van der Waals surface area contributed by atoms with E-state index in [1.165, 1.54) is 0 Å². The van der Waals surface area contributed by atoms with Gasteiger partial charge in [0.15, 0.2) is 0 Å². The number of benzene rings is 1. The second-order valence-corrected chi connectivity index (χ2v) is 3.61. The van der Waals surface area contributed by atoms with Gasteiger partial charge in [0.1, 0.15) is 12.2 Å². The van der Waals surface area contributed by atoms with Gasteiger partial charge in [0.05, 0.1) is 5.69 Å². The molecule has 2 rings (SSSR count). The Balaban J connectivity index is 2.47. The highest BCUT2D eigenvalue weighted by molar-refractivity contribution is 9.10. The lowest BCUT2D eigenvalue weighted by Crippen LogP contribution is -1.98. The minimum Gasteiger partial charge on any atom is -0.220 e. The number of nitrogens with zero attached hydrogens (tertiary/aromatic N) is 3. The van der Waals surface area contributed by atoms with Crippen LogP contribution in [0.5, 0.6) is 0 Å². The normalized spacial score (nSPS) is 10.3. The highest BCUT2D eigenvalue weighted by Gasteiger charge is 2.00. The van der Waals surface area contributed by atoms with E-state index in [9.17, 15) is 0 Å². The number of hydrogen-bond acceptors (Lipinski definition) is 2. The van der Waals surface area contributed by atoms with Crippen molar-refractivity contribution in [3.63, 3.8) is 0 Å². The Morgan fingerprint density at radius 1 is 1.23 bits per heavy atom. The lowest BCUT2D eigenvalue weighted by molar-refractivity contribution is 0.840. The second kappa shape index (κ2) is 3.30. The van der Waals surface area contributed by atoms with Crippen LogP contribution in [-0.2, 0) is 0 Å². The van der Waals surface area contributed by atoms with E-state index in [2.05, 4.69) is 26.0 Å². The molecule has 1 heterocycles. The molecule has 0 atom stereocenters. The molecule has 0 aliphatic heterocycles. The number of aryl methyl sites for hydroxylation is 1. The molecule has 3 nitrogen and oxygen atoms in total. The van der Waals surface area contributed by atoms with Crippen LogP contribution in [0.1, 0.15) is 5.82 Å². The van der Waals surface area contributed by atoms with E-state index in [0.29, 0.717) is 0 Å². The third-order valence-corrected chi connectivity index (χ3v) is 2.32.